The molecule has 2 aromatic carbocycles. The molecule has 5 nitrogen and oxygen atoms in total. The summed E-state index contributed by atoms with van der Waals surface area (Å²) in [7, 11) is 0. The molecule has 2 aliphatic heterocycles. The molecule has 2 saturated heterocycles. The Bertz CT molecular complexity index is 1050. The topological polar surface area (TPSA) is 66.6 Å². The van der Waals surface area contributed by atoms with Gasteiger partial charge in [0.1, 0.15) is 11.6 Å². The summed E-state index contributed by atoms with van der Waals surface area (Å²) in [6, 6.07) is 5.78. The monoisotopic (exact) mass is 449 g/mol. The largest absolute Gasteiger partial charge is 0.338 e. The van der Waals surface area contributed by atoms with E-state index in [0.29, 0.717) is 25.7 Å². The van der Waals surface area contributed by atoms with E-state index >= 15 is 0 Å². The van der Waals surface area contributed by atoms with Gasteiger partial charge in [0, 0.05) is 49.6 Å². The van der Waals surface area contributed by atoms with Gasteiger partial charge in [-0.25, -0.2) is 17.6 Å². The summed E-state index contributed by atoms with van der Waals surface area (Å²) in [5, 5.41) is 0. The number of hydrogen-bond donors (Lipinski definition) is 1. The molecule has 3 atom stereocenters. The maximum absolute atomic E-state index is 13.9. The minimum atomic E-state index is -1.28. The van der Waals surface area contributed by atoms with E-state index in [2.05, 4.69) is 0 Å². The molecule has 2 N–H and O–H groups in total. The normalized spacial score (nSPS) is 21.0. The van der Waals surface area contributed by atoms with Crippen LogP contribution < -0.4 is 5.73 Å². The lowest BCUT2D eigenvalue weighted by molar-refractivity contribution is -0.132. The average Bonchev–Trinajstić information content (AvgIpc) is 3.32. The highest BCUT2D eigenvalue weighted by Crippen LogP contribution is 2.33. The summed E-state index contributed by atoms with van der Waals surface area (Å²) in [4.78, 5) is 28.9. The van der Waals surface area contributed by atoms with Crippen molar-refractivity contribution in [2.24, 2.45) is 11.7 Å². The molecule has 1 unspecified atom stereocenters. The second-order valence-electron chi connectivity index (χ2n) is 8.45. The zero-order valence-electron chi connectivity index (χ0n) is 17.2. The molecule has 32 heavy (non-hydrogen) atoms. The van der Waals surface area contributed by atoms with Gasteiger partial charge in [-0.1, -0.05) is 6.07 Å². The van der Waals surface area contributed by atoms with Crippen molar-refractivity contribution in [2.45, 2.75) is 31.3 Å². The lowest BCUT2D eigenvalue weighted by Gasteiger charge is -2.26. The van der Waals surface area contributed by atoms with Crippen molar-refractivity contribution in [1.29, 1.82) is 0 Å². The van der Waals surface area contributed by atoms with E-state index in [9.17, 15) is 27.2 Å². The second-order valence-corrected chi connectivity index (χ2v) is 8.45. The number of fused-ring (bicyclic) bond motifs is 1. The number of benzene rings is 2. The predicted octanol–water partition coefficient (Wildman–Crippen LogP) is 2.88. The van der Waals surface area contributed by atoms with Crippen LogP contribution in [-0.4, -0.2) is 53.3 Å². The Morgan fingerprint density at radius 2 is 1.78 bits per heavy atom. The van der Waals surface area contributed by atoms with Gasteiger partial charge in [-0.15, -0.1) is 0 Å². The van der Waals surface area contributed by atoms with Gasteiger partial charge in [-0.05, 0) is 42.7 Å². The predicted molar refractivity (Wildman–Crippen MR) is 109 cm³/mol. The van der Waals surface area contributed by atoms with Gasteiger partial charge in [-0.2, -0.15) is 0 Å². The molecule has 2 fully saturated rings. The molecule has 0 bridgehead atoms. The van der Waals surface area contributed by atoms with Gasteiger partial charge in [0.15, 0.2) is 11.6 Å². The van der Waals surface area contributed by atoms with Crippen LogP contribution in [0.1, 0.15) is 28.8 Å². The third-order valence-corrected chi connectivity index (χ3v) is 6.23. The number of rotatable bonds is 5. The van der Waals surface area contributed by atoms with E-state index in [1.165, 1.54) is 18.2 Å². The highest BCUT2D eigenvalue weighted by atomic mass is 19.2. The summed E-state index contributed by atoms with van der Waals surface area (Å²) in [5.41, 5.74) is 6.18. The maximum atomic E-state index is 13.9. The highest BCUT2D eigenvalue weighted by Gasteiger charge is 2.44. The van der Waals surface area contributed by atoms with Gasteiger partial charge >= 0.3 is 0 Å². The Hall–Kier alpha value is -2.94. The average molecular weight is 449 g/mol. The van der Waals surface area contributed by atoms with Crippen LogP contribution in [0.15, 0.2) is 36.4 Å². The van der Waals surface area contributed by atoms with Crippen LogP contribution in [0.3, 0.4) is 0 Å². The van der Waals surface area contributed by atoms with Crippen LogP contribution in [0.25, 0.3) is 0 Å². The van der Waals surface area contributed by atoms with Crippen LogP contribution in [0.5, 0.6) is 0 Å². The third-order valence-electron chi connectivity index (χ3n) is 6.23. The summed E-state index contributed by atoms with van der Waals surface area (Å²) in [6.07, 6.45) is 0.538. The standard InChI is InChI=1S/C23H23F4N3O2/c24-16-3-1-2-13(6-16)23(32)29-11-14-4-5-30(21(14)12-29)22(31)9-17(28)7-15-8-19(26)20(27)10-18(15)25/h1-3,6,8,10,14,17,21H,4-5,7,9,11-12,28H2/t14-,17+,21?/m0/s1. The highest BCUT2D eigenvalue weighted by molar-refractivity contribution is 5.94. The number of hydrogen-bond acceptors (Lipinski definition) is 3. The number of likely N-dealkylation sites (tertiary alicyclic amines) is 2. The quantitative estimate of drug-likeness (QED) is 0.564. The van der Waals surface area contributed by atoms with Gasteiger partial charge in [0.05, 0.1) is 6.04 Å². The van der Waals surface area contributed by atoms with E-state index in [1.54, 1.807) is 15.9 Å². The second kappa shape index (κ2) is 8.90. The van der Waals surface area contributed by atoms with Crippen molar-refractivity contribution in [3.05, 3.63) is 70.8 Å². The molecule has 2 amide bonds. The maximum Gasteiger partial charge on any atom is 0.254 e. The van der Waals surface area contributed by atoms with Gasteiger partial charge in [0.25, 0.3) is 5.91 Å². The van der Waals surface area contributed by atoms with Crippen molar-refractivity contribution in [1.82, 2.24) is 9.80 Å². The molecular weight excluding hydrogens is 426 g/mol. The summed E-state index contributed by atoms with van der Waals surface area (Å²) >= 11 is 0. The van der Waals surface area contributed by atoms with E-state index in [-0.39, 0.29) is 47.7 Å². The lowest BCUT2D eigenvalue weighted by atomic mass is 10.0. The van der Waals surface area contributed by atoms with Crippen molar-refractivity contribution in [2.75, 3.05) is 19.6 Å². The molecule has 0 radical (unpaired) electrons. The Balaban J connectivity index is 1.37. The van der Waals surface area contributed by atoms with Crippen LogP contribution in [0.2, 0.25) is 0 Å². The van der Waals surface area contributed by atoms with E-state index in [0.717, 1.165) is 12.5 Å². The summed E-state index contributed by atoms with van der Waals surface area (Å²) in [5.74, 6) is -4.23. The molecule has 2 aromatic rings. The van der Waals surface area contributed by atoms with Crippen molar-refractivity contribution in [3.63, 3.8) is 0 Å². The van der Waals surface area contributed by atoms with E-state index < -0.39 is 29.3 Å². The van der Waals surface area contributed by atoms with Crippen LogP contribution >= 0.6 is 0 Å². The van der Waals surface area contributed by atoms with Crippen molar-refractivity contribution >= 4 is 11.8 Å². The van der Waals surface area contributed by atoms with E-state index in [4.69, 9.17) is 5.73 Å². The van der Waals surface area contributed by atoms with Gasteiger partial charge in [0.2, 0.25) is 5.91 Å². The van der Waals surface area contributed by atoms with Crippen LogP contribution in [0.4, 0.5) is 17.6 Å². The van der Waals surface area contributed by atoms with Crippen LogP contribution in [0, 0.1) is 29.2 Å². The zero-order chi connectivity index (χ0) is 23.0. The first-order chi connectivity index (χ1) is 15.2. The third kappa shape index (κ3) is 4.48. The number of nitrogens with zero attached hydrogens (tertiary/aromatic N) is 2. The first kappa shape index (κ1) is 22.3. The number of nitrogens with two attached hydrogens (primary N) is 1. The van der Waals surface area contributed by atoms with E-state index in [1.807, 2.05) is 0 Å². The van der Waals surface area contributed by atoms with Gasteiger partial charge in [-0.3, -0.25) is 9.59 Å². The first-order valence-electron chi connectivity index (χ1n) is 10.5. The Morgan fingerprint density at radius 3 is 2.53 bits per heavy atom. The number of carbonyl (C=O) groups excluding carboxylic acids is 2. The molecule has 9 heteroatoms. The zero-order valence-corrected chi connectivity index (χ0v) is 17.2. The Kier molecular flexibility index (Phi) is 6.19. The minimum Gasteiger partial charge on any atom is -0.338 e. The molecule has 0 spiro atoms. The smallest absolute Gasteiger partial charge is 0.254 e. The lowest BCUT2D eigenvalue weighted by Crippen LogP contribution is -2.43. The molecule has 0 aromatic heterocycles. The molecule has 170 valence electrons. The summed E-state index contributed by atoms with van der Waals surface area (Å²) < 4.78 is 53.8. The van der Waals surface area contributed by atoms with Crippen molar-refractivity contribution < 1.29 is 27.2 Å². The molecule has 0 saturated carbocycles. The fraction of sp³-hybridized carbons (Fsp3) is 0.391. The Morgan fingerprint density at radius 1 is 1.03 bits per heavy atom. The molecule has 2 heterocycles. The fourth-order valence-corrected chi connectivity index (χ4v) is 4.66. The van der Waals surface area contributed by atoms with Gasteiger partial charge < -0.3 is 15.5 Å². The first-order valence-corrected chi connectivity index (χ1v) is 10.5. The number of carbonyl (C=O) groups is 2. The fourth-order valence-electron chi connectivity index (χ4n) is 4.66. The number of halogens is 4. The molecule has 4 rings (SSSR count). The molecule has 0 aliphatic carbocycles. The molecular formula is C23H23F4N3O2. The Labute approximate surface area is 182 Å². The summed E-state index contributed by atoms with van der Waals surface area (Å²) in [6.45, 7) is 1.36. The molecule has 2 aliphatic rings. The minimum absolute atomic E-state index is 0.0838. The van der Waals surface area contributed by atoms with Crippen LogP contribution in [-0.2, 0) is 11.2 Å². The van der Waals surface area contributed by atoms with Crippen molar-refractivity contribution in [3.8, 4) is 0 Å². The number of amides is 2. The SMILES string of the molecule is N[C@@H](CC(=O)N1CC[C@H]2CN(C(=O)c3cccc(F)c3)CC21)Cc1cc(F)c(F)cc1F.